The van der Waals surface area contributed by atoms with Crippen molar-refractivity contribution in [3.05, 3.63) is 46.6 Å². The molecule has 1 aliphatic carbocycles. The summed E-state index contributed by atoms with van der Waals surface area (Å²) in [5.74, 6) is 0.940. The van der Waals surface area contributed by atoms with Gasteiger partial charge in [0.1, 0.15) is 11.5 Å². The van der Waals surface area contributed by atoms with Crippen LogP contribution in [0, 0.1) is 6.92 Å². The lowest BCUT2D eigenvalue weighted by Gasteiger charge is -2.23. The fraction of sp³-hybridized carbons (Fsp3) is 0.526. The number of likely N-dealkylation sites (tertiary alicyclic amines) is 1. The predicted molar refractivity (Wildman–Crippen MR) is 93.3 cm³/mol. The number of pyridine rings is 1. The first-order valence-corrected chi connectivity index (χ1v) is 9.11. The lowest BCUT2D eigenvalue weighted by Crippen LogP contribution is -2.39. The molecule has 0 bridgehead atoms. The number of amides is 1. The number of nitrogens with zero attached hydrogens (tertiary/aromatic N) is 3. The number of carbonyl (C=O) groups is 1. The Labute approximate surface area is 147 Å². The Morgan fingerprint density at radius 3 is 2.96 bits per heavy atom. The van der Waals surface area contributed by atoms with Gasteiger partial charge in [-0.2, -0.15) is 0 Å². The van der Waals surface area contributed by atoms with Crippen molar-refractivity contribution in [1.82, 2.24) is 20.4 Å². The molecule has 1 aliphatic heterocycles. The van der Waals surface area contributed by atoms with Gasteiger partial charge in [0, 0.05) is 36.5 Å². The van der Waals surface area contributed by atoms with E-state index >= 15 is 0 Å². The number of aromatic nitrogens is 2. The minimum absolute atomic E-state index is 0.0569. The molecule has 0 radical (unpaired) electrons. The van der Waals surface area contributed by atoms with Crippen LogP contribution >= 0.6 is 0 Å². The fourth-order valence-electron chi connectivity index (χ4n) is 3.73. The second kappa shape index (κ2) is 6.96. The van der Waals surface area contributed by atoms with E-state index in [1.807, 2.05) is 19.1 Å². The molecule has 1 N–H and O–H groups in total. The first-order chi connectivity index (χ1) is 12.2. The molecule has 1 unspecified atom stereocenters. The monoisotopic (exact) mass is 340 g/mol. The first kappa shape index (κ1) is 16.3. The summed E-state index contributed by atoms with van der Waals surface area (Å²) in [7, 11) is 0. The van der Waals surface area contributed by atoms with E-state index in [-0.39, 0.29) is 11.9 Å². The Balaban J connectivity index is 1.42. The summed E-state index contributed by atoms with van der Waals surface area (Å²) in [6.07, 6.45) is 6.69. The van der Waals surface area contributed by atoms with E-state index in [2.05, 4.69) is 20.4 Å². The highest BCUT2D eigenvalue weighted by atomic mass is 16.5. The van der Waals surface area contributed by atoms with Crippen molar-refractivity contribution in [3.8, 4) is 0 Å². The molecule has 0 aromatic carbocycles. The Bertz CT molecular complexity index is 747. The standard InChI is InChI=1S/C19H24N4O2/c1-13-4-5-14(11-20-13)19(24)21-15-6-7-18-16(10-15)17(22-25-18)12-23-8-2-3-9-23/h4-5,11,15H,2-3,6-10,12H2,1H3,(H,21,24). The van der Waals surface area contributed by atoms with Gasteiger partial charge in [0.25, 0.3) is 5.91 Å². The molecule has 1 amide bonds. The molecule has 6 heteroatoms. The van der Waals surface area contributed by atoms with Gasteiger partial charge in [-0.3, -0.25) is 14.7 Å². The predicted octanol–water partition coefficient (Wildman–Crippen LogP) is 2.26. The Morgan fingerprint density at radius 1 is 1.36 bits per heavy atom. The number of carbonyl (C=O) groups excluding carboxylic acids is 1. The summed E-state index contributed by atoms with van der Waals surface area (Å²) < 4.78 is 5.55. The second-order valence-electron chi connectivity index (χ2n) is 7.12. The van der Waals surface area contributed by atoms with Gasteiger partial charge in [-0.15, -0.1) is 0 Å². The normalized spacial score (nSPS) is 20.4. The number of hydrogen-bond donors (Lipinski definition) is 1. The Hall–Kier alpha value is -2.21. The van der Waals surface area contributed by atoms with Gasteiger partial charge in [0.15, 0.2) is 0 Å². The summed E-state index contributed by atoms with van der Waals surface area (Å²) in [6, 6.07) is 3.81. The van der Waals surface area contributed by atoms with Crippen LogP contribution in [-0.4, -0.2) is 40.1 Å². The number of nitrogens with one attached hydrogen (secondary N) is 1. The second-order valence-corrected chi connectivity index (χ2v) is 7.12. The van der Waals surface area contributed by atoms with Crippen molar-refractivity contribution < 1.29 is 9.32 Å². The summed E-state index contributed by atoms with van der Waals surface area (Å²) in [5.41, 5.74) is 3.77. The molecule has 1 saturated heterocycles. The van der Waals surface area contributed by atoms with Gasteiger partial charge < -0.3 is 9.84 Å². The maximum Gasteiger partial charge on any atom is 0.253 e. The molecule has 2 aliphatic rings. The van der Waals surface area contributed by atoms with Crippen LogP contribution in [0.3, 0.4) is 0 Å². The minimum atomic E-state index is -0.0569. The smallest absolute Gasteiger partial charge is 0.253 e. The third-order valence-corrected chi connectivity index (χ3v) is 5.20. The minimum Gasteiger partial charge on any atom is -0.361 e. The van der Waals surface area contributed by atoms with Crippen LogP contribution < -0.4 is 5.32 Å². The van der Waals surface area contributed by atoms with Crippen molar-refractivity contribution in [2.75, 3.05) is 13.1 Å². The zero-order valence-electron chi connectivity index (χ0n) is 14.6. The van der Waals surface area contributed by atoms with E-state index in [1.54, 1.807) is 6.20 Å². The topological polar surface area (TPSA) is 71.3 Å². The van der Waals surface area contributed by atoms with Gasteiger partial charge in [0.05, 0.1) is 5.56 Å². The molecule has 1 fully saturated rings. The van der Waals surface area contributed by atoms with Gasteiger partial charge in [-0.25, -0.2) is 0 Å². The molecular formula is C19H24N4O2. The number of aryl methyl sites for hydroxylation is 2. The van der Waals surface area contributed by atoms with Gasteiger partial charge in [-0.05, 0) is 57.8 Å². The van der Waals surface area contributed by atoms with E-state index in [1.165, 1.54) is 18.4 Å². The number of hydrogen-bond acceptors (Lipinski definition) is 5. The third-order valence-electron chi connectivity index (χ3n) is 5.20. The highest BCUT2D eigenvalue weighted by molar-refractivity contribution is 5.94. The number of rotatable bonds is 4. The van der Waals surface area contributed by atoms with Crippen LogP contribution in [-0.2, 0) is 19.4 Å². The maximum absolute atomic E-state index is 12.4. The molecule has 0 saturated carbocycles. The van der Waals surface area contributed by atoms with Crippen molar-refractivity contribution in [2.45, 2.75) is 51.6 Å². The van der Waals surface area contributed by atoms with E-state index in [0.717, 1.165) is 56.0 Å². The van der Waals surface area contributed by atoms with E-state index in [0.29, 0.717) is 5.56 Å². The van der Waals surface area contributed by atoms with E-state index < -0.39 is 0 Å². The highest BCUT2D eigenvalue weighted by Crippen LogP contribution is 2.26. The van der Waals surface area contributed by atoms with Crippen molar-refractivity contribution >= 4 is 5.91 Å². The maximum atomic E-state index is 12.4. The van der Waals surface area contributed by atoms with E-state index in [9.17, 15) is 4.79 Å². The molecular weight excluding hydrogens is 316 g/mol. The summed E-state index contributed by atoms with van der Waals surface area (Å²) in [5, 5.41) is 7.45. The largest absolute Gasteiger partial charge is 0.361 e. The van der Waals surface area contributed by atoms with Gasteiger partial charge in [0.2, 0.25) is 0 Å². The summed E-state index contributed by atoms with van der Waals surface area (Å²) in [6.45, 7) is 5.06. The average Bonchev–Trinajstić information content (AvgIpc) is 3.26. The highest BCUT2D eigenvalue weighted by Gasteiger charge is 2.28. The lowest BCUT2D eigenvalue weighted by atomic mass is 9.91. The molecule has 2 aromatic heterocycles. The molecule has 3 heterocycles. The van der Waals surface area contributed by atoms with Crippen LogP contribution in [0.5, 0.6) is 0 Å². The van der Waals surface area contributed by atoms with Crippen LogP contribution in [0.4, 0.5) is 0 Å². The fourth-order valence-corrected chi connectivity index (χ4v) is 3.73. The molecule has 2 aromatic rings. The molecule has 0 spiro atoms. The van der Waals surface area contributed by atoms with Crippen LogP contribution in [0.15, 0.2) is 22.9 Å². The molecule has 25 heavy (non-hydrogen) atoms. The molecule has 132 valence electrons. The quantitative estimate of drug-likeness (QED) is 0.924. The summed E-state index contributed by atoms with van der Waals surface area (Å²) in [4.78, 5) is 19.1. The Kier molecular flexibility index (Phi) is 4.53. The molecule has 1 atom stereocenters. The molecule has 6 nitrogen and oxygen atoms in total. The zero-order chi connectivity index (χ0) is 17.2. The number of fused-ring (bicyclic) bond motifs is 1. The average molecular weight is 340 g/mol. The van der Waals surface area contributed by atoms with Crippen LogP contribution in [0.2, 0.25) is 0 Å². The zero-order valence-corrected chi connectivity index (χ0v) is 14.6. The van der Waals surface area contributed by atoms with Crippen LogP contribution in [0.1, 0.15) is 52.3 Å². The first-order valence-electron chi connectivity index (χ1n) is 9.11. The van der Waals surface area contributed by atoms with Crippen LogP contribution in [0.25, 0.3) is 0 Å². The van der Waals surface area contributed by atoms with Crippen molar-refractivity contribution in [3.63, 3.8) is 0 Å². The van der Waals surface area contributed by atoms with Gasteiger partial charge in [-0.1, -0.05) is 5.16 Å². The molecule has 4 rings (SSSR count). The van der Waals surface area contributed by atoms with Crippen molar-refractivity contribution in [1.29, 1.82) is 0 Å². The summed E-state index contributed by atoms with van der Waals surface area (Å²) >= 11 is 0. The lowest BCUT2D eigenvalue weighted by molar-refractivity contribution is 0.0932. The third kappa shape index (κ3) is 3.58. The Morgan fingerprint density at radius 2 is 2.20 bits per heavy atom. The van der Waals surface area contributed by atoms with Gasteiger partial charge >= 0.3 is 0 Å². The van der Waals surface area contributed by atoms with E-state index in [4.69, 9.17) is 4.52 Å². The van der Waals surface area contributed by atoms with Crippen molar-refractivity contribution in [2.24, 2.45) is 0 Å². The SMILES string of the molecule is Cc1ccc(C(=O)NC2CCc3onc(CN4CCCC4)c3C2)cn1.